The highest BCUT2D eigenvalue weighted by Gasteiger charge is 2.18. The number of imidazole rings is 1. The van der Waals surface area contributed by atoms with Gasteiger partial charge in [-0.15, -0.1) is 11.3 Å². The Labute approximate surface area is 125 Å². The Bertz CT molecular complexity index is 820. The van der Waals surface area contributed by atoms with Gasteiger partial charge in [0.05, 0.1) is 24.1 Å². The Morgan fingerprint density at radius 3 is 2.90 bits per heavy atom. The summed E-state index contributed by atoms with van der Waals surface area (Å²) in [5, 5.41) is 11.2. The molecule has 0 spiro atoms. The van der Waals surface area contributed by atoms with E-state index in [-0.39, 0.29) is 6.42 Å². The molecule has 0 aromatic carbocycles. The Balaban J connectivity index is 2.23. The minimum Gasteiger partial charge on any atom is -0.497 e. The summed E-state index contributed by atoms with van der Waals surface area (Å²) in [7, 11) is 1.59. The van der Waals surface area contributed by atoms with Crippen LogP contribution in [0.5, 0.6) is 5.75 Å². The lowest BCUT2D eigenvalue weighted by Gasteiger charge is -2.02. The molecule has 0 bridgehead atoms. The van der Waals surface area contributed by atoms with Gasteiger partial charge in [0, 0.05) is 12.3 Å². The molecule has 0 aliphatic rings. The average Bonchev–Trinajstić information content (AvgIpc) is 3.02. The van der Waals surface area contributed by atoms with Crippen molar-refractivity contribution in [3.05, 3.63) is 41.0 Å². The van der Waals surface area contributed by atoms with Gasteiger partial charge in [-0.3, -0.25) is 4.79 Å². The Morgan fingerprint density at radius 2 is 2.29 bits per heavy atom. The molecule has 5 nitrogen and oxygen atoms in total. The molecule has 0 saturated carbocycles. The predicted molar refractivity (Wildman–Crippen MR) is 81.1 cm³/mol. The van der Waals surface area contributed by atoms with Crippen molar-refractivity contribution < 1.29 is 14.6 Å². The molecule has 0 aliphatic heterocycles. The number of pyridine rings is 1. The predicted octanol–water partition coefficient (Wildman–Crippen LogP) is 3.01. The number of methoxy groups -OCH3 is 1. The van der Waals surface area contributed by atoms with Crippen LogP contribution in [0, 0.1) is 6.92 Å². The van der Waals surface area contributed by atoms with Crippen LogP contribution in [0.1, 0.15) is 11.3 Å². The van der Waals surface area contributed by atoms with Crippen molar-refractivity contribution in [3.8, 4) is 16.3 Å². The summed E-state index contributed by atoms with van der Waals surface area (Å²) in [5.74, 6) is -0.176. The lowest BCUT2D eigenvalue weighted by atomic mass is 10.2. The number of hydrogen-bond acceptors (Lipinski definition) is 4. The van der Waals surface area contributed by atoms with Gasteiger partial charge < -0.3 is 14.2 Å². The molecule has 0 aliphatic carbocycles. The SMILES string of the molecule is COc1ccn2c(CC(=O)O)c(-c3cc(C)cs3)nc2c1. The van der Waals surface area contributed by atoms with Crippen molar-refractivity contribution in [2.45, 2.75) is 13.3 Å². The largest absolute Gasteiger partial charge is 0.497 e. The number of aryl methyl sites for hydroxylation is 1. The van der Waals surface area contributed by atoms with Crippen molar-refractivity contribution in [3.63, 3.8) is 0 Å². The van der Waals surface area contributed by atoms with Crippen molar-refractivity contribution in [2.75, 3.05) is 7.11 Å². The van der Waals surface area contributed by atoms with Crippen LogP contribution >= 0.6 is 11.3 Å². The number of fused-ring (bicyclic) bond motifs is 1. The number of carboxylic acid groups (broad SMARTS) is 1. The molecular weight excluding hydrogens is 288 g/mol. The fourth-order valence-electron chi connectivity index (χ4n) is 2.27. The molecule has 6 heteroatoms. The molecule has 21 heavy (non-hydrogen) atoms. The van der Waals surface area contributed by atoms with E-state index in [4.69, 9.17) is 9.84 Å². The number of aromatic nitrogens is 2. The van der Waals surface area contributed by atoms with Gasteiger partial charge in [-0.1, -0.05) is 0 Å². The second-order valence-corrected chi connectivity index (χ2v) is 5.67. The zero-order chi connectivity index (χ0) is 15.0. The van der Waals surface area contributed by atoms with Crippen LogP contribution in [-0.4, -0.2) is 27.6 Å². The Morgan fingerprint density at radius 1 is 1.48 bits per heavy atom. The first kappa shape index (κ1) is 13.6. The number of rotatable bonds is 4. The molecule has 3 heterocycles. The zero-order valence-corrected chi connectivity index (χ0v) is 12.5. The monoisotopic (exact) mass is 302 g/mol. The lowest BCUT2D eigenvalue weighted by molar-refractivity contribution is -0.136. The molecule has 108 valence electrons. The highest BCUT2D eigenvalue weighted by Crippen LogP contribution is 2.31. The third-order valence-corrected chi connectivity index (χ3v) is 4.27. The average molecular weight is 302 g/mol. The van der Waals surface area contributed by atoms with Crippen LogP contribution in [0.25, 0.3) is 16.2 Å². The van der Waals surface area contributed by atoms with E-state index in [0.29, 0.717) is 17.1 Å². The number of ether oxygens (including phenoxy) is 1. The summed E-state index contributed by atoms with van der Waals surface area (Å²) in [6.07, 6.45) is 1.73. The number of hydrogen-bond donors (Lipinski definition) is 1. The number of nitrogens with zero attached hydrogens (tertiary/aromatic N) is 2. The van der Waals surface area contributed by atoms with E-state index in [2.05, 4.69) is 4.98 Å². The topological polar surface area (TPSA) is 63.8 Å². The lowest BCUT2D eigenvalue weighted by Crippen LogP contribution is -2.04. The van der Waals surface area contributed by atoms with Gasteiger partial charge in [0.25, 0.3) is 0 Å². The molecule has 0 amide bonds. The van der Waals surface area contributed by atoms with Crippen LogP contribution in [0.3, 0.4) is 0 Å². The maximum absolute atomic E-state index is 11.2. The Hall–Kier alpha value is -2.34. The summed E-state index contributed by atoms with van der Waals surface area (Å²) in [6.45, 7) is 2.01. The van der Waals surface area contributed by atoms with E-state index in [1.165, 1.54) is 0 Å². The highest BCUT2D eigenvalue weighted by molar-refractivity contribution is 7.13. The molecule has 1 N–H and O–H groups in total. The summed E-state index contributed by atoms with van der Waals surface area (Å²) >= 11 is 1.57. The zero-order valence-electron chi connectivity index (χ0n) is 11.7. The van der Waals surface area contributed by atoms with Crippen molar-refractivity contribution in [2.24, 2.45) is 0 Å². The van der Waals surface area contributed by atoms with E-state index >= 15 is 0 Å². The van der Waals surface area contributed by atoms with Gasteiger partial charge in [0.2, 0.25) is 0 Å². The van der Waals surface area contributed by atoms with E-state index in [1.807, 2.05) is 18.4 Å². The van der Waals surface area contributed by atoms with Crippen molar-refractivity contribution in [1.82, 2.24) is 9.38 Å². The molecule has 0 saturated heterocycles. The first-order valence-electron chi connectivity index (χ1n) is 6.41. The van der Waals surface area contributed by atoms with Crippen LogP contribution in [0.2, 0.25) is 0 Å². The number of carbonyl (C=O) groups is 1. The molecule has 0 fully saturated rings. The molecule has 0 radical (unpaired) electrons. The molecule has 0 atom stereocenters. The minimum atomic E-state index is -0.873. The summed E-state index contributed by atoms with van der Waals surface area (Å²) < 4.78 is 7.00. The van der Waals surface area contributed by atoms with Crippen molar-refractivity contribution in [1.29, 1.82) is 0 Å². The maximum Gasteiger partial charge on any atom is 0.309 e. The van der Waals surface area contributed by atoms with Gasteiger partial charge in [0.15, 0.2) is 0 Å². The van der Waals surface area contributed by atoms with E-state index < -0.39 is 5.97 Å². The number of carboxylic acids is 1. The third-order valence-electron chi connectivity index (χ3n) is 3.21. The second kappa shape index (κ2) is 5.21. The first-order chi connectivity index (χ1) is 10.1. The normalized spacial score (nSPS) is 11.0. The Kier molecular flexibility index (Phi) is 3.39. The van der Waals surface area contributed by atoms with Crippen LogP contribution < -0.4 is 4.74 Å². The van der Waals surface area contributed by atoms with Crippen LogP contribution in [0.4, 0.5) is 0 Å². The quantitative estimate of drug-likeness (QED) is 0.804. The second-order valence-electron chi connectivity index (χ2n) is 4.76. The molecule has 3 rings (SSSR count). The van der Waals surface area contributed by atoms with Gasteiger partial charge >= 0.3 is 5.97 Å². The number of thiophene rings is 1. The van der Waals surface area contributed by atoms with E-state index in [1.54, 1.807) is 41.2 Å². The summed E-state index contributed by atoms with van der Waals surface area (Å²) in [5.41, 5.74) is 3.24. The van der Waals surface area contributed by atoms with Gasteiger partial charge in [0.1, 0.15) is 17.1 Å². The van der Waals surface area contributed by atoms with Crippen molar-refractivity contribution >= 4 is 23.0 Å². The summed E-state index contributed by atoms with van der Waals surface area (Å²) in [6, 6.07) is 5.62. The van der Waals surface area contributed by atoms with Gasteiger partial charge in [-0.05, 0) is 30.0 Å². The van der Waals surface area contributed by atoms with Gasteiger partial charge in [-0.25, -0.2) is 4.98 Å². The summed E-state index contributed by atoms with van der Waals surface area (Å²) in [4.78, 5) is 16.7. The molecule has 0 unspecified atom stereocenters. The smallest absolute Gasteiger partial charge is 0.309 e. The fraction of sp³-hybridized carbons (Fsp3) is 0.200. The minimum absolute atomic E-state index is 0.0697. The van der Waals surface area contributed by atoms with E-state index in [9.17, 15) is 4.79 Å². The third kappa shape index (κ3) is 2.50. The highest BCUT2D eigenvalue weighted by atomic mass is 32.1. The van der Waals surface area contributed by atoms with Crippen LogP contribution in [0.15, 0.2) is 29.8 Å². The molecule has 3 aromatic heterocycles. The molecule has 3 aromatic rings. The first-order valence-corrected chi connectivity index (χ1v) is 7.28. The fourth-order valence-corrected chi connectivity index (χ4v) is 3.18. The number of aliphatic carboxylic acids is 1. The van der Waals surface area contributed by atoms with E-state index in [0.717, 1.165) is 16.1 Å². The molecular formula is C15H14N2O3S. The standard InChI is InChI=1S/C15H14N2O3S/c1-9-5-12(21-8-9)15-11(7-14(18)19)17-4-3-10(20-2)6-13(17)16-15/h3-6,8H,7H2,1-2H3,(H,18,19). The van der Waals surface area contributed by atoms with Gasteiger partial charge in [-0.2, -0.15) is 0 Å². The van der Waals surface area contributed by atoms with Crippen LogP contribution in [-0.2, 0) is 11.2 Å². The maximum atomic E-state index is 11.2.